The number of carbonyl (C=O) groups is 1. The van der Waals surface area contributed by atoms with E-state index in [0.717, 1.165) is 19.3 Å². The molecule has 0 amide bonds. The molecule has 1 aromatic carbocycles. The highest BCUT2D eigenvalue weighted by Gasteiger charge is 2.10. The van der Waals surface area contributed by atoms with Crippen molar-refractivity contribution in [1.82, 2.24) is 0 Å². The lowest BCUT2D eigenvalue weighted by atomic mass is 9.94. The minimum Gasteiger partial charge on any atom is -0.300 e. The van der Waals surface area contributed by atoms with E-state index in [2.05, 4.69) is 19.1 Å². The molecule has 0 fully saturated rings. The fraction of sp³-hybridized carbons (Fsp3) is 0.462. The van der Waals surface area contributed by atoms with Gasteiger partial charge in [0.05, 0.1) is 0 Å². The second kappa shape index (κ2) is 5.58. The second-order valence-corrected chi connectivity index (χ2v) is 3.74. The Labute approximate surface area is 86.1 Å². The summed E-state index contributed by atoms with van der Waals surface area (Å²) in [4.78, 5) is 11.2. The first-order valence-corrected chi connectivity index (χ1v) is 5.28. The fourth-order valence-corrected chi connectivity index (χ4v) is 1.68. The number of ketones is 1. The Morgan fingerprint density at radius 1 is 1.29 bits per heavy atom. The van der Waals surface area contributed by atoms with Gasteiger partial charge in [-0.05, 0) is 31.7 Å². The Kier molecular flexibility index (Phi) is 4.37. The van der Waals surface area contributed by atoms with Gasteiger partial charge in [-0.25, -0.2) is 0 Å². The van der Waals surface area contributed by atoms with E-state index in [1.165, 1.54) is 5.56 Å². The Bertz CT molecular complexity index is 277. The molecule has 14 heavy (non-hydrogen) atoms. The minimum atomic E-state index is 0.246. The molecule has 0 aromatic heterocycles. The molecule has 0 bridgehead atoms. The summed E-state index contributed by atoms with van der Waals surface area (Å²) in [6.07, 6.45) is 2.96. The Morgan fingerprint density at radius 3 is 2.43 bits per heavy atom. The molecule has 0 aliphatic rings. The normalized spacial score (nSPS) is 12.4. The van der Waals surface area contributed by atoms with E-state index in [9.17, 15) is 4.79 Å². The van der Waals surface area contributed by atoms with Gasteiger partial charge >= 0.3 is 0 Å². The number of hydrogen-bond acceptors (Lipinski definition) is 1. The molecule has 0 heterocycles. The zero-order chi connectivity index (χ0) is 10.4. The number of Topliss-reactive ketones (excluding diaryl/α,β-unsaturated/α-hetero) is 1. The summed E-state index contributed by atoms with van der Waals surface area (Å²) in [6, 6.07) is 10.3. The largest absolute Gasteiger partial charge is 0.300 e. The zero-order valence-corrected chi connectivity index (χ0v) is 8.99. The Morgan fingerprint density at radius 2 is 1.93 bits per heavy atom. The fourth-order valence-electron chi connectivity index (χ4n) is 1.68. The first kappa shape index (κ1) is 11.0. The van der Waals surface area contributed by atoms with Gasteiger partial charge < -0.3 is 0 Å². The van der Waals surface area contributed by atoms with Gasteiger partial charge in [-0.15, -0.1) is 0 Å². The molecule has 76 valence electrons. The summed E-state index contributed by atoms with van der Waals surface area (Å²) in [5.41, 5.74) is 1.33. The molecule has 1 nitrogen and oxygen atoms in total. The SMILES string of the molecule is CCC(CCc1ccccc1)C(C)=O. The van der Waals surface area contributed by atoms with Crippen molar-refractivity contribution < 1.29 is 4.79 Å². The molecule has 1 atom stereocenters. The minimum absolute atomic E-state index is 0.246. The van der Waals surface area contributed by atoms with Crippen LogP contribution in [-0.4, -0.2) is 5.78 Å². The molecule has 0 aliphatic carbocycles. The van der Waals surface area contributed by atoms with E-state index < -0.39 is 0 Å². The third-order valence-electron chi connectivity index (χ3n) is 2.69. The monoisotopic (exact) mass is 190 g/mol. The maximum Gasteiger partial charge on any atom is 0.132 e. The van der Waals surface area contributed by atoms with E-state index in [1.807, 2.05) is 18.2 Å². The molecule has 0 saturated carbocycles. The van der Waals surface area contributed by atoms with E-state index >= 15 is 0 Å². The molecular formula is C13H18O. The van der Waals surface area contributed by atoms with Crippen molar-refractivity contribution in [2.24, 2.45) is 5.92 Å². The van der Waals surface area contributed by atoms with Crippen LogP contribution < -0.4 is 0 Å². The van der Waals surface area contributed by atoms with Crippen molar-refractivity contribution in [2.45, 2.75) is 33.1 Å². The topological polar surface area (TPSA) is 17.1 Å². The summed E-state index contributed by atoms with van der Waals surface area (Å²) in [5.74, 6) is 0.568. The number of carbonyl (C=O) groups excluding carboxylic acids is 1. The number of aryl methyl sites for hydroxylation is 1. The van der Waals surface area contributed by atoms with Crippen LogP contribution >= 0.6 is 0 Å². The van der Waals surface area contributed by atoms with Gasteiger partial charge in [-0.1, -0.05) is 37.3 Å². The quantitative estimate of drug-likeness (QED) is 0.696. The molecule has 0 saturated heterocycles. The van der Waals surface area contributed by atoms with Gasteiger partial charge in [0.15, 0.2) is 0 Å². The zero-order valence-electron chi connectivity index (χ0n) is 8.99. The van der Waals surface area contributed by atoms with E-state index in [4.69, 9.17) is 0 Å². The van der Waals surface area contributed by atoms with Gasteiger partial charge in [0, 0.05) is 5.92 Å². The van der Waals surface area contributed by atoms with E-state index in [-0.39, 0.29) is 5.92 Å². The van der Waals surface area contributed by atoms with Crippen LogP contribution in [0.2, 0.25) is 0 Å². The first-order valence-electron chi connectivity index (χ1n) is 5.28. The van der Waals surface area contributed by atoms with Crippen LogP contribution in [0.15, 0.2) is 30.3 Å². The van der Waals surface area contributed by atoms with Crippen LogP contribution in [0, 0.1) is 5.92 Å². The maximum absolute atomic E-state index is 11.2. The maximum atomic E-state index is 11.2. The third kappa shape index (κ3) is 3.33. The van der Waals surface area contributed by atoms with Crippen molar-refractivity contribution in [3.8, 4) is 0 Å². The summed E-state index contributed by atoms with van der Waals surface area (Å²) >= 11 is 0. The molecule has 1 heteroatoms. The highest BCUT2D eigenvalue weighted by atomic mass is 16.1. The summed E-state index contributed by atoms with van der Waals surface area (Å²) < 4.78 is 0. The van der Waals surface area contributed by atoms with Crippen molar-refractivity contribution in [1.29, 1.82) is 0 Å². The lowest BCUT2D eigenvalue weighted by Crippen LogP contribution is -2.10. The molecule has 1 rings (SSSR count). The van der Waals surface area contributed by atoms with Gasteiger partial charge in [-0.2, -0.15) is 0 Å². The van der Waals surface area contributed by atoms with Crippen LogP contribution in [-0.2, 0) is 11.2 Å². The molecule has 0 spiro atoms. The van der Waals surface area contributed by atoms with Crippen LogP contribution in [0.5, 0.6) is 0 Å². The standard InChI is InChI=1S/C13H18O/c1-3-13(11(2)14)10-9-12-7-5-4-6-8-12/h4-8,13H,3,9-10H2,1-2H3. The number of rotatable bonds is 5. The Hall–Kier alpha value is -1.11. The molecule has 0 N–H and O–H groups in total. The molecular weight excluding hydrogens is 172 g/mol. The van der Waals surface area contributed by atoms with Crippen molar-refractivity contribution in [3.05, 3.63) is 35.9 Å². The molecule has 0 aliphatic heterocycles. The predicted octanol–water partition coefficient (Wildman–Crippen LogP) is 3.23. The molecule has 0 radical (unpaired) electrons. The van der Waals surface area contributed by atoms with Gasteiger partial charge in [-0.3, -0.25) is 4.79 Å². The van der Waals surface area contributed by atoms with Crippen LogP contribution in [0.3, 0.4) is 0 Å². The number of hydrogen-bond donors (Lipinski definition) is 0. The third-order valence-corrected chi connectivity index (χ3v) is 2.69. The Balaban J connectivity index is 2.44. The van der Waals surface area contributed by atoms with Crippen molar-refractivity contribution >= 4 is 5.78 Å². The molecule has 1 unspecified atom stereocenters. The lowest BCUT2D eigenvalue weighted by Gasteiger charge is -2.10. The van der Waals surface area contributed by atoms with Gasteiger partial charge in [0.2, 0.25) is 0 Å². The molecule has 1 aromatic rings. The first-order chi connectivity index (χ1) is 6.74. The smallest absolute Gasteiger partial charge is 0.132 e. The van der Waals surface area contributed by atoms with Crippen LogP contribution in [0.25, 0.3) is 0 Å². The predicted molar refractivity (Wildman–Crippen MR) is 59.2 cm³/mol. The highest BCUT2D eigenvalue weighted by molar-refractivity contribution is 5.78. The number of benzene rings is 1. The second-order valence-electron chi connectivity index (χ2n) is 3.74. The van der Waals surface area contributed by atoms with Crippen LogP contribution in [0.4, 0.5) is 0 Å². The van der Waals surface area contributed by atoms with Crippen molar-refractivity contribution in [2.75, 3.05) is 0 Å². The summed E-state index contributed by atoms with van der Waals surface area (Å²) in [7, 11) is 0. The summed E-state index contributed by atoms with van der Waals surface area (Å²) in [6.45, 7) is 3.77. The van der Waals surface area contributed by atoms with E-state index in [1.54, 1.807) is 6.92 Å². The van der Waals surface area contributed by atoms with Crippen molar-refractivity contribution in [3.63, 3.8) is 0 Å². The van der Waals surface area contributed by atoms with E-state index in [0.29, 0.717) is 5.78 Å². The summed E-state index contributed by atoms with van der Waals surface area (Å²) in [5, 5.41) is 0. The van der Waals surface area contributed by atoms with Gasteiger partial charge in [0.1, 0.15) is 5.78 Å². The average molecular weight is 190 g/mol. The highest BCUT2D eigenvalue weighted by Crippen LogP contribution is 2.13. The van der Waals surface area contributed by atoms with Crippen LogP contribution in [0.1, 0.15) is 32.3 Å². The van der Waals surface area contributed by atoms with Gasteiger partial charge in [0.25, 0.3) is 0 Å². The average Bonchev–Trinajstić information content (AvgIpc) is 2.20. The lowest BCUT2D eigenvalue weighted by molar-refractivity contribution is -0.121.